The largest absolute Gasteiger partial charge is 0.354 e. The van der Waals surface area contributed by atoms with Gasteiger partial charge in [-0.2, -0.15) is 0 Å². The van der Waals surface area contributed by atoms with Gasteiger partial charge in [-0.05, 0) is 12.1 Å². The second-order valence-electron chi connectivity index (χ2n) is 2.86. The number of rotatable bonds is 1. The van der Waals surface area contributed by atoms with Crippen molar-refractivity contribution in [3.63, 3.8) is 0 Å². The maximum absolute atomic E-state index is 7.40. The Hall–Kier alpha value is -1.09. The maximum atomic E-state index is 7.40. The molecule has 3 nitrogen and oxygen atoms in total. The Kier molecular flexibility index (Phi) is 1.90. The molecule has 1 N–H and O–H groups in total. The van der Waals surface area contributed by atoms with E-state index in [0.29, 0.717) is 6.17 Å². The van der Waals surface area contributed by atoms with Crippen LogP contribution in [0.1, 0.15) is 1.37 Å². The molecule has 0 atom stereocenters. The topological polar surface area (TPSA) is 28.2 Å². The van der Waals surface area contributed by atoms with Crippen LogP contribution in [0.25, 0.3) is 0 Å². The summed E-state index contributed by atoms with van der Waals surface area (Å²) in [5.74, 6) is 0.925. The highest BCUT2D eigenvalue weighted by Gasteiger charge is 2.09. The van der Waals surface area contributed by atoms with Crippen LogP contribution in [-0.4, -0.2) is 31.2 Å². The van der Waals surface area contributed by atoms with E-state index < -0.39 is 0 Å². The van der Waals surface area contributed by atoms with Gasteiger partial charge in [-0.1, -0.05) is 6.07 Å². The van der Waals surface area contributed by atoms with E-state index in [1.165, 1.54) is 0 Å². The fourth-order valence-corrected chi connectivity index (χ4v) is 1.39. The number of hydrogen-bond acceptors (Lipinski definition) is 3. The molecule has 0 bridgehead atoms. The van der Waals surface area contributed by atoms with Crippen molar-refractivity contribution in [2.45, 2.75) is 0 Å². The zero-order valence-corrected chi connectivity index (χ0v) is 6.95. The lowest BCUT2D eigenvalue weighted by Crippen LogP contribution is -2.43. The van der Waals surface area contributed by atoms with Gasteiger partial charge in [0.05, 0.1) is 1.37 Å². The summed E-state index contributed by atoms with van der Waals surface area (Å²) >= 11 is 0. The van der Waals surface area contributed by atoms with Crippen molar-refractivity contribution in [1.29, 1.82) is 0 Å². The molecule has 1 aliphatic rings. The molecule has 0 radical (unpaired) electrons. The van der Waals surface area contributed by atoms with Gasteiger partial charge in [0.15, 0.2) is 0 Å². The van der Waals surface area contributed by atoms with Gasteiger partial charge in [0.2, 0.25) is 0 Å². The van der Waals surface area contributed by atoms with E-state index in [1.54, 1.807) is 6.07 Å². The average Bonchev–Trinajstić information content (AvgIpc) is 2.19. The van der Waals surface area contributed by atoms with Gasteiger partial charge in [-0.15, -0.1) is 0 Å². The number of hydrogen-bond donors (Lipinski definition) is 1. The average molecular weight is 164 g/mol. The van der Waals surface area contributed by atoms with Crippen LogP contribution in [0, 0.1) is 0 Å². The third-order valence-corrected chi connectivity index (χ3v) is 2.04. The highest BCUT2D eigenvalue weighted by Crippen LogP contribution is 2.08. The number of aromatic nitrogens is 1. The van der Waals surface area contributed by atoms with Crippen molar-refractivity contribution in [2.75, 3.05) is 31.1 Å². The van der Waals surface area contributed by atoms with E-state index in [9.17, 15) is 0 Å². The predicted molar refractivity (Wildman–Crippen MR) is 49.3 cm³/mol. The molecule has 1 aliphatic heterocycles. The lowest BCUT2D eigenvalue weighted by atomic mass is 10.3. The van der Waals surface area contributed by atoms with Crippen LogP contribution in [0.2, 0.25) is 0 Å². The monoisotopic (exact) mass is 164 g/mol. The SMILES string of the molecule is [2H]c1cccc(N2CCNCC2)n1. The molecule has 2 heterocycles. The van der Waals surface area contributed by atoms with Gasteiger partial charge >= 0.3 is 0 Å². The molecular weight excluding hydrogens is 150 g/mol. The molecule has 0 saturated carbocycles. The lowest BCUT2D eigenvalue weighted by Gasteiger charge is -2.28. The molecule has 12 heavy (non-hydrogen) atoms. The second kappa shape index (κ2) is 3.54. The normalized spacial score (nSPS) is 19.0. The molecule has 1 aromatic rings. The number of nitrogens with one attached hydrogen (secondary N) is 1. The van der Waals surface area contributed by atoms with Crippen molar-refractivity contribution in [3.05, 3.63) is 24.4 Å². The summed E-state index contributed by atoms with van der Waals surface area (Å²) in [6.45, 7) is 3.97. The summed E-state index contributed by atoms with van der Waals surface area (Å²) in [5, 5.41) is 3.28. The first kappa shape index (κ1) is 6.43. The molecule has 0 spiro atoms. The molecule has 0 unspecified atom stereocenters. The summed E-state index contributed by atoms with van der Waals surface area (Å²) in [6.07, 6.45) is 0.344. The smallest absolute Gasteiger partial charge is 0.128 e. The summed E-state index contributed by atoms with van der Waals surface area (Å²) in [4.78, 5) is 6.36. The molecule has 1 fully saturated rings. The van der Waals surface area contributed by atoms with E-state index in [-0.39, 0.29) is 0 Å². The first-order chi connectivity index (χ1) is 6.36. The Morgan fingerprint density at radius 1 is 1.42 bits per heavy atom. The van der Waals surface area contributed by atoms with Crippen molar-refractivity contribution >= 4 is 5.82 Å². The number of nitrogens with zero attached hydrogens (tertiary/aromatic N) is 2. The summed E-state index contributed by atoms with van der Waals surface area (Å²) < 4.78 is 7.40. The van der Waals surface area contributed by atoms with Crippen LogP contribution in [0.15, 0.2) is 24.4 Å². The summed E-state index contributed by atoms with van der Waals surface area (Å²) in [5.41, 5.74) is 0. The summed E-state index contributed by atoms with van der Waals surface area (Å²) in [6, 6.07) is 5.54. The first-order valence-corrected chi connectivity index (χ1v) is 4.25. The third kappa shape index (κ3) is 1.56. The maximum Gasteiger partial charge on any atom is 0.128 e. The van der Waals surface area contributed by atoms with Crippen molar-refractivity contribution in [2.24, 2.45) is 0 Å². The molecule has 2 rings (SSSR count). The summed E-state index contributed by atoms with van der Waals surface area (Å²) in [7, 11) is 0. The Bertz CT molecular complexity index is 284. The van der Waals surface area contributed by atoms with Crippen LogP contribution in [0.4, 0.5) is 5.82 Å². The van der Waals surface area contributed by atoms with Crippen LogP contribution < -0.4 is 10.2 Å². The van der Waals surface area contributed by atoms with Gasteiger partial charge < -0.3 is 10.2 Å². The highest BCUT2D eigenvalue weighted by atomic mass is 15.2. The van der Waals surface area contributed by atoms with Gasteiger partial charge in [-0.25, -0.2) is 4.98 Å². The van der Waals surface area contributed by atoms with E-state index >= 15 is 0 Å². The number of pyridine rings is 1. The van der Waals surface area contributed by atoms with E-state index in [0.717, 1.165) is 32.0 Å². The second-order valence-corrected chi connectivity index (χ2v) is 2.86. The van der Waals surface area contributed by atoms with Gasteiger partial charge in [0, 0.05) is 32.4 Å². The van der Waals surface area contributed by atoms with Crippen LogP contribution in [-0.2, 0) is 0 Å². The van der Waals surface area contributed by atoms with E-state index in [4.69, 9.17) is 1.37 Å². The molecule has 0 amide bonds. The van der Waals surface area contributed by atoms with Crippen molar-refractivity contribution in [3.8, 4) is 0 Å². The van der Waals surface area contributed by atoms with Crippen molar-refractivity contribution in [1.82, 2.24) is 10.3 Å². The number of piperazine rings is 1. The minimum absolute atomic E-state index is 0.344. The molecule has 1 saturated heterocycles. The van der Waals surface area contributed by atoms with Crippen molar-refractivity contribution < 1.29 is 1.37 Å². The van der Waals surface area contributed by atoms with Crippen LogP contribution >= 0.6 is 0 Å². The zero-order chi connectivity index (χ0) is 9.10. The molecule has 3 heteroatoms. The molecule has 1 aromatic heterocycles. The molecule has 0 aliphatic carbocycles. The lowest BCUT2D eigenvalue weighted by molar-refractivity contribution is 0.585. The first-order valence-electron chi connectivity index (χ1n) is 4.75. The fourth-order valence-electron chi connectivity index (χ4n) is 1.39. The zero-order valence-electron chi connectivity index (χ0n) is 7.95. The standard InChI is InChI=1S/C9H13N3/c1-2-4-11-9(3-1)12-7-5-10-6-8-12/h1-4,10H,5-8H2/i4D. The van der Waals surface area contributed by atoms with Crippen LogP contribution in [0.3, 0.4) is 0 Å². The third-order valence-electron chi connectivity index (χ3n) is 2.04. The molecule has 64 valence electrons. The Balaban J connectivity index is 2.14. The minimum Gasteiger partial charge on any atom is -0.354 e. The predicted octanol–water partition coefficient (Wildman–Crippen LogP) is 0.491. The molecular formula is C9H13N3. The van der Waals surface area contributed by atoms with E-state index in [2.05, 4.69) is 15.2 Å². The minimum atomic E-state index is 0.344. The highest BCUT2D eigenvalue weighted by molar-refractivity contribution is 5.38. The Morgan fingerprint density at radius 2 is 2.25 bits per heavy atom. The fraction of sp³-hybridized carbons (Fsp3) is 0.444. The Labute approximate surface area is 73.8 Å². The van der Waals surface area contributed by atoms with Gasteiger partial charge in [-0.3, -0.25) is 0 Å². The Morgan fingerprint density at radius 3 is 3.00 bits per heavy atom. The van der Waals surface area contributed by atoms with Gasteiger partial charge in [0.25, 0.3) is 0 Å². The quantitative estimate of drug-likeness (QED) is 0.655. The van der Waals surface area contributed by atoms with Gasteiger partial charge in [0.1, 0.15) is 5.82 Å². The molecule has 0 aromatic carbocycles. The van der Waals surface area contributed by atoms with Crippen LogP contribution in [0.5, 0.6) is 0 Å². The van der Waals surface area contributed by atoms with E-state index in [1.807, 2.05) is 12.1 Å². The number of anilines is 1.